The Kier molecular flexibility index (Phi) is 7.95. The Morgan fingerprint density at radius 1 is 1.22 bits per heavy atom. The molecule has 0 amide bonds. The lowest BCUT2D eigenvalue weighted by Crippen LogP contribution is -2.13. The van der Waals surface area contributed by atoms with Gasteiger partial charge >= 0.3 is 0 Å². The first kappa shape index (κ1) is 17.8. The summed E-state index contributed by atoms with van der Waals surface area (Å²) in [5.74, 6) is 0.486. The molecule has 0 spiro atoms. The normalized spacial score (nSPS) is 23.6. The monoisotopic (exact) mass is 317 g/mol. The van der Waals surface area contributed by atoms with Gasteiger partial charge in [0.05, 0.1) is 12.7 Å². The van der Waals surface area contributed by atoms with Crippen LogP contribution in [0.3, 0.4) is 0 Å². The van der Waals surface area contributed by atoms with Crippen molar-refractivity contribution in [1.29, 1.82) is 0 Å². The first-order chi connectivity index (χ1) is 11.3. The second-order valence-corrected chi connectivity index (χ2v) is 6.29. The minimum Gasteiger partial charge on any atom is -0.377 e. The maximum Gasteiger partial charge on any atom is 0.137 e. The highest BCUT2D eigenvalue weighted by Gasteiger charge is 2.30. The number of ether oxygens (including phenoxy) is 2. The Bertz CT molecular complexity index is 488. The van der Waals surface area contributed by atoms with Crippen LogP contribution in [0.4, 0.5) is 0 Å². The third-order valence-corrected chi connectivity index (χ3v) is 4.36. The molecule has 0 N–H and O–H groups in total. The summed E-state index contributed by atoms with van der Waals surface area (Å²) in [4.78, 5) is 2.83. The fraction of sp³-hybridized carbons (Fsp3) is 0.667. The highest BCUT2D eigenvalue weighted by Crippen LogP contribution is 2.30. The van der Waals surface area contributed by atoms with Crippen molar-refractivity contribution in [3.05, 3.63) is 46.3 Å². The van der Waals surface area contributed by atoms with E-state index < -0.39 is 0 Å². The van der Waals surface area contributed by atoms with Crippen molar-refractivity contribution in [2.75, 3.05) is 6.61 Å². The Balaban J connectivity index is 1.46. The molecule has 0 aromatic heterocycles. The van der Waals surface area contributed by atoms with Gasteiger partial charge in [-0.3, -0.25) is 0 Å². The van der Waals surface area contributed by atoms with Crippen molar-refractivity contribution in [1.82, 2.24) is 0 Å². The Hall–Kier alpha value is -1.55. The zero-order valence-corrected chi connectivity index (χ0v) is 13.9. The summed E-state index contributed by atoms with van der Waals surface area (Å²) in [6, 6.07) is 10.3. The van der Waals surface area contributed by atoms with Gasteiger partial charge in [0, 0.05) is 11.5 Å². The van der Waals surface area contributed by atoms with Crippen LogP contribution in [0.25, 0.3) is 10.4 Å². The molecule has 0 unspecified atom stereocenters. The molecule has 0 saturated carbocycles. The van der Waals surface area contributed by atoms with E-state index in [0.29, 0.717) is 12.5 Å². The molecule has 23 heavy (non-hydrogen) atoms. The molecular weight excluding hydrogens is 290 g/mol. The van der Waals surface area contributed by atoms with Crippen molar-refractivity contribution in [3.63, 3.8) is 0 Å². The molecule has 3 atom stereocenters. The van der Waals surface area contributed by atoms with Gasteiger partial charge in [0.1, 0.15) is 6.23 Å². The number of nitrogens with zero attached hydrogens (tertiary/aromatic N) is 3. The lowest BCUT2D eigenvalue weighted by molar-refractivity contribution is 0.0333. The molecule has 0 radical (unpaired) electrons. The number of azide groups is 1. The van der Waals surface area contributed by atoms with Crippen LogP contribution in [0.5, 0.6) is 0 Å². The van der Waals surface area contributed by atoms with Gasteiger partial charge in [-0.2, -0.15) is 0 Å². The van der Waals surface area contributed by atoms with Gasteiger partial charge in [0.25, 0.3) is 0 Å². The lowest BCUT2D eigenvalue weighted by Gasteiger charge is -2.14. The highest BCUT2D eigenvalue weighted by atomic mass is 16.5. The Labute approximate surface area is 138 Å². The first-order valence-corrected chi connectivity index (χ1v) is 8.61. The minimum atomic E-state index is -0.258. The largest absolute Gasteiger partial charge is 0.377 e. The average molecular weight is 317 g/mol. The minimum absolute atomic E-state index is 0.250. The SMILES string of the molecule is C[C@@H]1C[C@@H](N=[N+]=[N-])O[C@H]1CCCCCCOCc1ccccc1. The summed E-state index contributed by atoms with van der Waals surface area (Å²) < 4.78 is 11.4. The number of hydrogen-bond acceptors (Lipinski definition) is 3. The van der Waals surface area contributed by atoms with Gasteiger partial charge in [0.15, 0.2) is 0 Å². The topological polar surface area (TPSA) is 67.2 Å². The van der Waals surface area contributed by atoms with Crippen LogP contribution in [0.2, 0.25) is 0 Å². The van der Waals surface area contributed by atoms with Crippen LogP contribution in [-0.2, 0) is 16.1 Å². The van der Waals surface area contributed by atoms with Gasteiger partial charge in [-0.05, 0) is 36.3 Å². The highest BCUT2D eigenvalue weighted by molar-refractivity contribution is 5.13. The molecule has 1 heterocycles. The number of rotatable bonds is 10. The van der Waals surface area contributed by atoms with E-state index in [1.165, 1.54) is 18.4 Å². The van der Waals surface area contributed by atoms with Gasteiger partial charge in [-0.25, -0.2) is 0 Å². The molecular formula is C18H27N3O2. The van der Waals surface area contributed by atoms with Crippen molar-refractivity contribution in [2.45, 2.75) is 64.4 Å². The van der Waals surface area contributed by atoms with Crippen LogP contribution in [0.15, 0.2) is 35.4 Å². The summed E-state index contributed by atoms with van der Waals surface area (Å²) in [6.07, 6.45) is 6.56. The molecule has 1 aromatic rings. The van der Waals surface area contributed by atoms with Gasteiger partial charge in [-0.1, -0.05) is 61.6 Å². The van der Waals surface area contributed by atoms with Crippen molar-refractivity contribution >= 4 is 0 Å². The van der Waals surface area contributed by atoms with Gasteiger partial charge in [0.2, 0.25) is 0 Å². The standard InChI is InChI=1S/C18H27N3O2/c1-15-13-18(20-21-19)23-17(15)11-7-2-3-8-12-22-14-16-9-5-4-6-10-16/h4-6,9-10,15,17-18H,2-3,7-8,11-14H2,1H3/t15-,17+,18+/m1/s1. The van der Waals surface area contributed by atoms with Gasteiger partial charge < -0.3 is 9.47 Å². The molecule has 1 aliphatic rings. The number of hydrogen-bond donors (Lipinski definition) is 0. The van der Waals surface area contributed by atoms with E-state index in [1.807, 2.05) is 18.2 Å². The Morgan fingerprint density at radius 2 is 2.00 bits per heavy atom. The third kappa shape index (κ3) is 6.61. The van der Waals surface area contributed by atoms with Crippen molar-refractivity contribution in [2.24, 2.45) is 11.0 Å². The summed E-state index contributed by atoms with van der Waals surface area (Å²) in [6.45, 7) is 3.70. The maximum atomic E-state index is 8.46. The van der Waals surface area contributed by atoms with Crippen molar-refractivity contribution in [3.8, 4) is 0 Å². The van der Waals surface area contributed by atoms with Crippen LogP contribution in [-0.4, -0.2) is 18.9 Å². The number of unbranched alkanes of at least 4 members (excludes halogenated alkanes) is 3. The van der Waals surface area contributed by atoms with Crippen LogP contribution in [0, 0.1) is 5.92 Å². The molecule has 5 nitrogen and oxygen atoms in total. The van der Waals surface area contributed by atoms with E-state index in [0.717, 1.165) is 32.3 Å². The zero-order chi connectivity index (χ0) is 16.3. The zero-order valence-electron chi connectivity index (χ0n) is 13.9. The smallest absolute Gasteiger partial charge is 0.137 e. The molecule has 1 aliphatic heterocycles. The number of benzene rings is 1. The molecule has 0 aliphatic carbocycles. The van der Waals surface area contributed by atoms with Gasteiger partial charge in [-0.15, -0.1) is 0 Å². The fourth-order valence-electron chi connectivity index (χ4n) is 3.01. The van der Waals surface area contributed by atoms with E-state index in [1.54, 1.807) is 0 Å². The summed E-state index contributed by atoms with van der Waals surface area (Å²) in [7, 11) is 0. The van der Waals surface area contributed by atoms with Crippen LogP contribution in [0.1, 0.15) is 51.0 Å². The lowest BCUT2D eigenvalue weighted by atomic mass is 9.98. The third-order valence-electron chi connectivity index (χ3n) is 4.36. The molecule has 1 aromatic carbocycles. The predicted molar refractivity (Wildman–Crippen MR) is 90.8 cm³/mol. The Morgan fingerprint density at radius 3 is 2.78 bits per heavy atom. The van der Waals surface area contributed by atoms with Crippen LogP contribution >= 0.6 is 0 Å². The van der Waals surface area contributed by atoms with E-state index in [2.05, 4.69) is 29.1 Å². The summed E-state index contributed by atoms with van der Waals surface area (Å²) in [5, 5.41) is 3.67. The second-order valence-electron chi connectivity index (χ2n) is 6.29. The van der Waals surface area contributed by atoms with E-state index in [-0.39, 0.29) is 12.3 Å². The van der Waals surface area contributed by atoms with Crippen LogP contribution < -0.4 is 0 Å². The molecule has 2 rings (SSSR count). The molecule has 126 valence electrons. The summed E-state index contributed by atoms with van der Waals surface area (Å²) in [5.41, 5.74) is 9.69. The summed E-state index contributed by atoms with van der Waals surface area (Å²) >= 11 is 0. The molecule has 1 saturated heterocycles. The van der Waals surface area contributed by atoms with Crippen molar-refractivity contribution < 1.29 is 9.47 Å². The first-order valence-electron chi connectivity index (χ1n) is 8.61. The molecule has 5 heteroatoms. The van der Waals surface area contributed by atoms with E-state index >= 15 is 0 Å². The van der Waals surface area contributed by atoms with E-state index in [9.17, 15) is 0 Å². The predicted octanol–water partition coefficient (Wildman–Crippen LogP) is 5.22. The molecule has 0 bridgehead atoms. The maximum absolute atomic E-state index is 8.46. The average Bonchev–Trinajstić information content (AvgIpc) is 2.91. The quantitative estimate of drug-likeness (QED) is 0.257. The molecule has 1 fully saturated rings. The fourth-order valence-corrected chi connectivity index (χ4v) is 3.01. The second kappa shape index (κ2) is 10.3. The van der Waals surface area contributed by atoms with E-state index in [4.69, 9.17) is 15.0 Å².